The SMILES string of the molecule is COc1cc(OC)c(C(C)(C)F)cc1C(C)=O. The first-order chi connectivity index (χ1) is 7.81. The Kier molecular flexibility index (Phi) is 3.76. The van der Waals surface area contributed by atoms with E-state index in [0.717, 1.165) is 0 Å². The molecule has 0 bridgehead atoms. The highest BCUT2D eigenvalue weighted by molar-refractivity contribution is 5.97. The van der Waals surface area contributed by atoms with Crippen molar-refractivity contribution in [2.75, 3.05) is 14.2 Å². The second kappa shape index (κ2) is 4.73. The topological polar surface area (TPSA) is 35.5 Å². The number of alkyl halides is 1. The summed E-state index contributed by atoms with van der Waals surface area (Å²) in [6, 6.07) is 3.02. The highest BCUT2D eigenvalue weighted by Crippen LogP contribution is 2.37. The van der Waals surface area contributed by atoms with Gasteiger partial charge in [0, 0.05) is 11.6 Å². The van der Waals surface area contributed by atoms with E-state index < -0.39 is 5.67 Å². The van der Waals surface area contributed by atoms with Crippen molar-refractivity contribution in [2.45, 2.75) is 26.4 Å². The summed E-state index contributed by atoms with van der Waals surface area (Å²) in [4.78, 5) is 11.5. The van der Waals surface area contributed by atoms with Crippen LogP contribution in [0.15, 0.2) is 12.1 Å². The van der Waals surface area contributed by atoms with E-state index in [2.05, 4.69) is 0 Å². The number of carbonyl (C=O) groups excluding carboxylic acids is 1. The van der Waals surface area contributed by atoms with Gasteiger partial charge in [-0.05, 0) is 26.8 Å². The summed E-state index contributed by atoms with van der Waals surface area (Å²) in [5.41, 5.74) is -0.887. The molecule has 0 fully saturated rings. The van der Waals surface area contributed by atoms with Gasteiger partial charge in [-0.2, -0.15) is 0 Å². The van der Waals surface area contributed by atoms with E-state index >= 15 is 0 Å². The summed E-state index contributed by atoms with van der Waals surface area (Å²) >= 11 is 0. The summed E-state index contributed by atoms with van der Waals surface area (Å²) in [6.07, 6.45) is 0. The molecule has 0 N–H and O–H groups in total. The van der Waals surface area contributed by atoms with Crippen LogP contribution in [0.5, 0.6) is 11.5 Å². The van der Waals surface area contributed by atoms with Crippen LogP contribution >= 0.6 is 0 Å². The number of rotatable bonds is 4. The summed E-state index contributed by atoms with van der Waals surface area (Å²) in [7, 11) is 2.92. The first-order valence-corrected chi connectivity index (χ1v) is 5.27. The molecule has 1 aromatic rings. The van der Waals surface area contributed by atoms with Gasteiger partial charge in [0.05, 0.1) is 19.8 Å². The van der Waals surface area contributed by atoms with Gasteiger partial charge in [-0.3, -0.25) is 4.79 Å². The highest BCUT2D eigenvalue weighted by atomic mass is 19.1. The number of hydrogen-bond acceptors (Lipinski definition) is 3. The number of halogens is 1. The third-order valence-corrected chi connectivity index (χ3v) is 2.54. The lowest BCUT2D eigenvalue weighted by atomic mass is 9.95. The Morgan fingerprint density at radius 1 is 1.18 bits per heavy atom. The number of methoxy groups -OCH3 is 2. The zero-order valence-electron chi connectivity index (χ0n) is 10.8. The molecule has 0 unspecified atom stereocenters. The Bertz CT molecular complexity index is 433. The quantitative estimate of drug-likeness (QED) is 0.758. The van der Waals surface area contributed by atoms with Gasteiger partial charge in [-0.25, -0.2) is 4.39 Å². The van der Waals surface area contributed by atoms with E-state index in [1.165, 1.54) is 47.1 Å². The van der Waals surface area contributed by atoms with E-state index in [-0.39, 0.29) is 5.78 Å². The average molecular weight is 240 g/mol. The summed E-state index contributed by atoms with van der Waals surface area (Å²) in [5.74, 6) is 0.594. The van der Waals surface area contributed by atoms with Crippen LogP contribution in [0.3, 0.4) is 0 Å². The predicted molar refractivity (Wildman–Crippen MR) is 63.7 cm³/mol. The van der Waals surface area contributed by atoms with Gasteiger partial charge >= 0.3 is 0 Å². The fourth-order valence-electron chi connectivity index (χ4n) is 1.64. The van der Waals surface area contributed by atoms with E-state index in [9.17, 15) is 9.18 Å². The van der Waals surface area contributed by atoms with Crippen LogP contribution in [-0.4, -0.2) is 20.0 Å². The molecule has 0 saturated carbocycles. The maximum absolute atomic E-state index is 14.0. The fraction of sp³-hybridized carbons (Fsp3) is 0.462. The number of hydrogen-bond donors (Lipinski definition) is 0. The molecule has 0 aromatic heterocycles. The van der Waals surface area contributed by atoms with Crippen molar-refractivity contribution in [3.8, 4) is 11.5 Å². The third-order valence-electron chi connectivity index (χ3n) is 2.54. The van der Waals surface area contributed by atoms with Crippen LogP contribution in [0.4, 0.5) is 4.39 Å². The molecular weight excluding hydrogens is 223 g/mol. The second-order valence-electron chi connectivity index (χ2n) is 4.28. The maximum atomic E-state index is 14.0. The van der Waals surface area contributed by atoms with Gasteiger partial charge in [-0.15, -0.1) is 0 Å². The summed E-state index contributed by atoms with van der Waals surface area (Å²) in [5, 5.41) is 0. The molecule has 1 rings (SSSR count). The number of carbonyl (C=O) groups is 1. The number of benzene rings is 1. The first kappa shape index (κ1) is 13.5. The molecule has 94 valence electrons. The molecule has 0 aliphatic rings. The average Bonchev–Trinajstić information content (AvgIpc) is 2.25. The number of Topliss-reactive ketones (excluding diaryl/α,β-unsaturated/α-hetero) is 1. The third kappa shape index (κ3) is 2.75. The lowest BCUT2D eigenvalue weighted by molar-refractivity contribution is 0.101. The molecule has 0 heterocycles. The van der Waals surface area contributed by atoms with Crippen LogP contribution < -0.4 is 9.47 Å². The molecule has 0 aliphatic carbocycles. The van der Waals surface area contributed by atoms with E-state index in [4.69, 9.17) is 9.47 Å². The largest absolute Gasteiger partial charge is 0.496 e. The molecule has 3 nitrogen and oxygen atoms in total. The first-order valence-electron chi connectivity index (χ1n) is 5.27. The normalized spacial score (nSPS) is 11.2. The Balaban J connectivity index is 3.50. The fourth-order valence-corrected chi connectivity index (χ4v) is 1.64. The zero-order chi connectivity index (χ0) is 13.2. The summed E-state index contributed by atoms with van der Waals surface area (Å²) in [6.45, 7) is 4.25. The molecule has 0 aliphatic heterocycles. The highest BCUT2D eigenvalue weighted by Gasteiger charge is 2.26. The van der Waals surface area contributed by atoms with Crippen molar-refractivity contribution in [1.29, 1.82) is 0 Å². The van der Waals surface area contributed by atoms with Crippen molar-refractivity contribution >= 4 is 5.78 Å². The van der Waals surface area contributed by atoms with Crippen LogP contribution in [0.2, 0.25) is 0 Å². The van der Waals surface area contributed by atoms with Crippen LogP contribution in [-0.2, 0) is 5.67 Å². The minimum absolute atomic E-state index is 0.171. The van der Waals surface area contributed by atoms with Gasteiger partial charge in [0.1, 0.15) is 17.2 Å². The Hall–Kier alpha value is -1.58. The van der Waals surface area contributed by atoms with Crippen molar-refractivity contribution in [2.24, 2.45) is 0 Å². The predicted octanol–water partition coefficient (Wildman–Crippen LogP) is 3.11. The second-order valence-corrected chi connectivity index (χ2v) is 4.28. The van der Waals surface area contributed by atoms with Gasteiger partial charge < -0.3 is 9.47 Å². The molecule has 4 heteroatoms. The monoisotopic (exact) mass is 240 g/mol. The van der Waals surface area contributed by atoms with Gasteiger partial charge in [0.15, 0.2) is 5.78 Å². The van der Waals surface area contributed by atoms with E-state index in [1.54, 1.807) is 0 Å². The van der Waals surface area contributed by atoms with E-state index in [1.807, 2.05) is 0 Å². The van der Waals surface area contributed by atoms with Gasteiger partial charge in [-0.1, -0.05) is 0 Å². The molecule has 0 amide bonds. The van der Waals surface area contributed by atoms with Crippen molar-refractivity contribution < 1.29 is 18.7 Å². The zero-order valence-corrected chi connectivity index (χ0v) is 10.8. The maximum Gasteiger partial charge on any atom is 0.163 e. The molecular formula is C13H17FO3. The van der Waals surface area contributed by atoms with Crippen LogP contribution in [0, 0.1) is 0 Å². The Morgan fingerprint density at radius 2 is 1.71 bits per heavy atom. The van der Waals surface area contributed by atoms with Crippen LogP contribution in [0.1, 0.15) is 36.7 Å². The minimum Gasteiger partial charge on any atom is -0.496 e. The molecule has 17 heavy (non-hydrogen) atoms. The molecule has 0 atom stereocenters. The molecule has 0 radical (unpaired) electrons. The number of ketones is 1. The van der Waals surface area contributed by atoms with Gasteiger partial charge in [0.2, 0.25) is 0 Å². The lowest BCUT2D eigenvalue weighted by Gasteiger charge is -2.20. The van der Waals surface area contributed by atoms with Crippen molar-refractivity contribution in [1.82, 2.24) is 0 Å². The molecule has 0 saturated heterocycles. The van der Waals surface area contributed by atoms with E-state index in [0.29, 0.717) is 22.6 Å². The molecule has 1 aromatic carbocycles. The lowest BCUT2D eigenvalue weighted by Crippen LogP contribution is -2.13. The van der Waals surface area contributed by atoms with Crippen LogP contribution in [0.25, 0.3) is 0 Å². The standard InChI is InChI=1S/C13H17FO3/c1-8(15)9-6-10(13(2,3)14)12(17-5)7-11(9)16-4/h6-7H,1-5H3. The van der Waals surface area contributed by atoms with Crippen molar-refractivity contribution in [3.05, 3.63) is 23.3 Å². The Morgan fingerprint density at radius 3 is 2.06 bits per heavy atom. The van der Waals surface area contributed by atoms with Gasteiger partial charge in [0.25, 0.3) is 0 Å². The van der Waals surface area contributed by atoms with Crippen molar-refractivity contribution in [3.63, 3.8) is 0 Å². The Labute approximate surface area is 101 Å². The number of ether oxygens (including phenoxy) is 2. The summed E-state index contributed by atoms with van der Waals surface area (Å²) < 4.78 is 24.2. The minimum atomic E-state index is -1.58. The molecule has 0 spiro atoms. The smallest absolute Gasteiger partial charge is 0.163 e.